The Kier molecular flexibility index (Phi) is 4.57. The molecule has 5 heteroatoms. The van der Waals surface area contributed by atoms with Gasteiger partial charge in [0.15, 0.2) is 0 Å². The van der Waals surface area contributed by atoms with Crippen molar-refractivity contribution >= 4 is 5.91 Å². The minimum absolute atomic E-state index is 0.111. The molecule has 2 aromatic carbocycles. The standard InChI is InChI=1S/C19H16F2N2O/c20-17-8-15(9-18(21)10-17)6-14-4-5-23(12-14)19(24)16-3-1-2-13(7-16)11-22/h1-3,7-10,14H,4-6,12H2. The van der Waals surface area contributed by atoms with Gasteiger partial charge in [-0.3, -0.25) is 4.79 Å². The molecule has 1 atom stereocenters. The summed E-state index contributed by atoms with van der Waals surface area (Å²) >= 11 is 0. The lowest BCUT2D eigenvalue weighted by Gasteiger charge is -2.17. The average Bonchev–Trinajstić information content (AvgIpc) is 3.01. The fourth-order valence-electron chi connectivity index (χ4n) is 3.15. The van der Waals surface area contributed by atoms with Gasteiger partial charge in [0.1, 0.15) is 11.6 Å². The van der Waals surface area contributed by atoms with E-state index in [0.29, 0.717) is 36.2 Å². The van der Waals surface area contributed by atoms with Gasteiger partial charge in [0, 0.05) is 24.7 Å². The average molecular weight is 326 g/mol. The lowest BCUT2D eigenvalue weighted by atomic mass is 9.98. The summed E-state index contributed by atoms with van der Waals surface area (Å²) in [5.41, 5.74) is 1.55. The van der Waals surface area contributed by atoms with Gasteiger partial charge < -0.3 is 4.90 Å². The normalized spacial score (nSPS) is 16.9. The van der Waals surface area contributed by atoms with E-state index in [1.165, 1.54) is 12.1 Å². The number of carbonyl (C=O) groups is 1. The highest BCUT2D eigenvalue weighted by atomic mass is 19.1. The lowest BCUT2D eigenvalue weighted by Crippen LogP contribution is -2.29. The molecular formula is C19H16F2N2O. The number of halogens is 2. The zero-order chi connectivity index (χ0) is 17.1. The fraction of sp³-hybridized carbons (Fsp3) is 0.263. The molecule has 1 amide bonds. The predicted octanol–water partition coefficient (Wildman–Crippen LogP) is 3.54. The van der Waals surface area contributed by atoms with Crippen molar-refractivity contribution in [2.45, 2.75) is 12.8 Å². The SMILES string of the molecule is N#Cc1cccc(C(=O)N2CCC(Cc3cc(F)cc(F)c3)C2)c1. The second kappa shape index (κ2) is 6.79. The van der Waals surface area contributed by atoms with E-state index < -0.39 is 11.6 Å². The van der Waals surface area contributed by atoms with Crippen molar-refractivity contribution < 1.29 is 13.6 Å². The first-order chi connectivity index (χ1) is 11.5. The molecule has 0 aliphatic carbocycles. The van der Waals surface area contributed by atoms with Gasteiger partial charge in [-0.1, -0.05) is 6.07 Å². The molecule has 0 saturated carbocycles. The minimum atomic E-state index is -0.579. The molecule has 0 N–H and O–H groups in total. The highest BCUT2D eigenvalue weighted by Gasteiger charge is 2.27. The molecule has 1 aliphatic rings. The lowest BCUT2D eigenvalue weighted by molar-refractivity contribution is 0.0787. The number of likely N-dealkylation sites (tertiary alicyclic amines) is 1. The van der Waals surface area contributed by atoms with Gasteiger partial charge in [-0.2, -0.15) is 5.26 Å². The van der Waals surface area contributed by atoms with Crippen LogP contribution in [0.4, 0.5) is 8.78 Å². The number of hydrogen-bond donors (Lipinski definition) is 0. The second-order valence-electron chi connectivity index (χ2n) is 6.08. The minimum Gasteiger partial charge on any atom is -0.338 e. The summed E-state index contributed by atoms with van der Waals surface area (Å²) in [6.45, 7) is 1.16. The zero-order valence-corrected chi connectivity index (χ0v) is 13.0. The zero-order valence-electron chi connectivity index (χ0n) is 13.0. The molecule has 1 saturated heterocycles. The molecule has 3 nitrogen and oxygen atoms in total. The molecule has 0 aromatic heterocycles. The van der Waals surface area contributed by atoms with Gasteiger partial charge in [0.05, 0.1) is 11.6 Å². The van der Waals surface area contributed by atoms with Crippen molar-refractivity contribution in [3.05, 3.63) is 70.8 Å². The molecule has 0 radical (unpaired) electrons. The first kappa shape index (κ1) is 16.1. The summed E-state index contributed by atoms with van der Waals surface area (Å²) in [7, 11) is 0. The highest BCUT2D eigenvalue weighted by molar-refractivity contribution is 5.94. The van der Waals surface area contributed by atoms with E-state index in [1.54, 1.807) is 29.2 Å². The Morgan fingerprint density at radius 3 is 2.67 bits per heavy atom. The maximum atomic E-state index is 13.3. The quantitative estimate of drug-likeness (QED) is 0.866. The van der Waals surface area contributed by atoms with Crippen molar-refractivity contribution in [3.8, 4) is 6.07 Å². The number of hydrogen-bond acceptors (Lipinski definition) is 2. The molecule has 1 unspecified atom stereocenters. The summed E-state index contributed by atoms with van der Waals surface area (Å²) in [6, 6.07) is 12.2. The third kappa shape index (κ3) is 3.60. The Morgan fingerprint density at radius 2 is 1.96 bits per heavy atom. The number of benzene rings is 2. The smallest absolute Gasteiger partial charge is 0.253 e. The maximum absolute atomic E-state index is 13.3. The van der Waals surface area contributed by atoms with E-state index in [4.69, 9.17) is 5.26 Å². The number of nitriles is 1. The second-order valence-corrected chi connectivity index (χ2v) is 6.08. The molecule has 1 fully saturated rings. The summed E-state index contributed by atoms with van der Waals surface area (Å²) in [5, 5.41) is 8.92. The van der Waals surface area contributed by atoms with Crippen molar-refractivity contribution in [1.82, 2.24) is 4.90 Å². The molecule has 24 heavy (non-hydrogen) atoms. The Labute approximate surface area is 139 Å². The van der Waals surface area contributed by atoms with E-state index in [0.717, 1.165) is 12.5 Å². The van der Waals surface area contributed by atoms with Crippen molar-refractivity contribution in [2.24, 2.45) is 5.92 Å². The molecule has 122 valence electrons. The molecule has 3 rings (SSSR count). The van der Waals surface area contributed by atoms with Crippen LogP contribution in [0.5, 0.6) is 0 Å². The molecule has 2 aromatic rings. The highest BCUT2D eigenvalue weighted by Crippen LogP contribution is 2.23. The topological polar surface area (TPSA) is 44.1 Å². The molecule has 0 bridgehead atoms. The Hall–Kier alpha value is -2.74. The number of rotatable bonds is 3. The third-order valence-electron chi connectivity index (χ3n) is 4.26. The molecule has 0 spiro atoms. The molecule has 1 aliphatic heterocycles. The van der Waals surface area contributed by atoms with Crippen LogP contribution in [-0.2, 0) is 6.42 Å². The Bertz CT molecular complexity index is 793. The van der Waals surface area contributed by atoms with Crippen LogP contribution < -0.4 is 0 Å². The van der Waals surface area contributed by atoms with E-state index in [9.17, 15) is 13.6 Å². The molecular weight excluding hydrogens is 310 g/mol. The predicted molar refractivity (Wildman–Crippen MR) is 85.2 cm³/mol. The van der Waals surface area contributed by atoms with E-state index in [-0.39, 0.29) is 11.8 Å². The van der Waals surface area contributed by atoms with Crippen LogP contribution in [0.25, 0.3) is 0 Å². The van der Waals surface area contributed by atoms with Crippen LogP contribution in [0, 0.1) is 28.9 Å². The van der Waals surface area contributed by atoms with E-state index in [2.05, 4.69) is 0 Å². The van der Waals surface area contributed by atoms with E-state index in [1.807, 2.05) is 6.07 Å². The fourth-order valence-corrected chi connectivity index (χ4v) is 3.15. The van der Waals surface area contributed by atoms with Crippen molar-refractivity contribution in [1.29, 1.82) is 5.26 Å². The van der Waals surface area contributed by atoms with E-state index >= 15 is 0 Å². The van der Waals surface area contributed by atoms with Crippen LogP contribution in [0.15, 0.2) is 42.5 Å². The van der Waals surface area contributed by atoms with Gasteiger partial charge in [-0.05, 0) is 54.7 Å². The number of amides is 1. The van der Waals surface area contributed by atoms with Gasteiger partial charge in [-0.15, -0.1) is 0 Å². The summed E-state index contributed by atoms with van der Waals surface area (Å²) in [6.07, 6.45) is 1.33. The Morgan fingerprint density at radius 1 is 1.21 bits per heavy atom. The first-order valence-corrected chi connectivity index (χ1v) is 7.79. The van der Waals surface area contributed by atoms with Crippen LogP contribution in [0.3, 0.4) is 0 Å². The first-order valence-electron chi connectivity index (χ1n) is 7.79. The van der Waals surface area contributed by atoms with Gasteiger partial charge >= 0.3 is 0 Å². The van der Waals surface area contributed by atoms with Gasteiger partial charge in [0.25, 0.3) is 5.91 Å². The molecule has 1 heterocycles. The van der Waals surface area contributed by atoms with Crippen LogP contribution >= 0.6 is 0 Å². The monoisotopic (exact) mass is 326 g/mol. The van der Waals surface area contributed by atoms with Gasteiger partial charge in [0.2, 0.25) is 0 Å². The Balaban J connectivity index is 1.66. The van der Waals surface area contributed by atoms with Crippen LogP contribution in [0.1, 0.15) is 27.9 Å². The number of carbonyl (C=O) groups excluding carboxylic acids is 1. The maximum Gasteiger partial charge on any atom is 0.253 e. The van der Waals surface area contributed by atoms with Crippen LogP contribution in [0.2, 0.25) is 0 Å². The third-order valence-corrected chi connectivity index (χ3v) is 4.26. The summed E-state index contributed by atoms with van der Waals surface area (Å²) in [4.78, 5) is 14.3. The summed E-state index contributed by atoms with van der Waals surface area (Å²) < 4.78 is 26.5. The van der Waals surface area contributed by atoms with Crippen molar-refractivity contribution in [3.63, 3.8) is 0 Å². The van der Waals surface area contributed by atoms with Crippen LogP contribution in [-0.4, -0.2) is 23.9 Å². The van der Waals surface area contributed by atoms with Crippen molar-refractivity contribution in [2.75, 3.05) is 13.1 Å². The largest absolute Gasteiger partial charge is 0.338 e. The summed E-state index contributed by atoms with van der Waals surface area (Å²) in [5.74, 6) is -1.09. The number of nitrogens with zero attached hydrogens (tertiary/aromatic N) is 2. The van der Waals surface area contributed by atoms with Gasteiger partial charge in [-0.25, -0.2) is 8.78 Å².